The molecule has 0 fully saturated rings. The number of rotatable bonds is 5. The van der Waals surface area contributed by atoms with E-state index in [-0.39, 0.29) is 12.5 Å². The Bertz CT molecular complexity index is 594. The van der Waals surface area contributed by atoms with Gasteiger partial charge in [0.25, 0.3) is 5.91 Å². The predicted molar refractivity (Wildman–Crippen MR) is 72.7 cm³/mol. The number of pyridine rings is 1. The zero-order valence-corrected chi connectivity index (χ0v) is 10.7. The van der Waals surface area contributed by atoms with E-state index in [1.807, 2.05) is 24.3 Å². The fourth-order valence-electron chi connectivity index (χ4n) is 1.59. The van der Waals surface area contributed by atoms with Gasteiger partial charge in [0, 0.05) is 6.20 Å². The molecule has 20 heavy (non-hydrogen) atoms. The van der Waals surface area contributed by atoms with E-state index in [0.29, 0.717) is 11.4 Å². The second kappa shape index (κ2) is 6.90. The van der Waals surface area contributed by atoms with Gasteiger partial charge in [0.05, 0.1) is 11.8 Å². The Labute approximate surface area is 116 Å². The number of hydrogen-bond donors (Lipinski definition) is 1. The Morgan fingerprint density at radius 2 is 2.00 bits per heavy atom. The zero-order chi connectivity index (χ0) is 14.2. The number of amides is 1. The summed E-state index contributed by atoms with van der Waals surface area (Å²) >= 11 is 0. The van der Waals surface area contributed by atoms with Crippen LogP contribution in [-0.2, 0) is 4.79 Å². The van der Waals surface area contributed by atoms with Crippen molar-refractivity contribution in [3.8, 4) is 11.8 Å². The van der Waals surface area contributed by atoms with Gasteiger partial charge in [0.15, 0.2) is 12.6 Å². The van der Waals surface area contributed by atoms with Crippen molar-refractivity contribution in [3.05, 3.63) is 60.4 Å². The summed E-state index contributed by atoms with van der Waals surface area (Å²) < 4.78 is 5.31. The lowest BCUT2D eigenvalue weighted by atomic mass is 10.2. The van der Waals surface area contributed by atoms with Gasteiger partial charge in [-0.2, -0.15) is 5.26 Å². The topological polar surface area (TPSA) is 75.0 Å². The normalized spacial score (nSPS) is 11.2. The summed E-state index contributed by atoms with van der Waals surface area (Å²) in [7, 11) is 0. The van der Waals surface area contributed by atoms with Crippen molar-refractivity contribution >= 4 is 5.91 Å². The van der Waals surface area contributed by atoms with Gasteiger partial charge in [-0.3, -0.25) is 9.78 Å². The minimum atomic E-state index is -0.775. The molecule has 0 bridgehead atoms. The van der Waals surface area contributed by atoms with E-state index in [1.165, 1.54) is 0 Å². The van der Waals surface area contributed by atoms with E-state index in [4.69, 9.17) is 10.00 Å². The van der Waals surface area contributed by atoms with Crippen molar-refractivity contribution in [2.24, 2.45) is 0 Å². The first-order chi connectivity index (χ1) is 9.79. The number of aromatic nitrogens is 1. The average molecular weight is 267 g/mol. The third-order valence-corrected chi connectivity index (χ3v) is 2.53. The van der Waals surface area contributed by atoms with Crippen LogP contribution >= 0.6 is 0 Å². The van der Waals surface area contributed by atoms with Crippen molar-refractivity contribution in [1.82, 2.24) is 10.3 Å². The van der Waals surface area contributed by atoms with Crippen LogP contribution in [-0.4, -0.2) is 17.5 Å². The van der Waals surface area contributed by atoms with Gasteiger partial charge < -0.3 is 10.1 Å². The number of nitrogens with zero attached hydrogens (tertiary/aromatic N) is 2. The van der Waals surface area contributed by atoms with Gasteiger partial charge in [0.1, 0.15) is 5.75 Å². The minimum Gasteiger partial charge on any atom is -0.484 e. The van der Waals surface area contributed by atoms with Gasteiger partial charge in [-0.05, 0) is 24.3 Å². The van der Waals surface area contributed by atoms with Crippen molar-refractivity contribution in [2.75, 3.05) is 6.61 Å². The summed E-state index contributed by atoms with van der Waals surface area (Å²) in [6.45, 7) is -0.144. The first-order valence-electron chi connectivity index (χ1n) is 6.07. The molecule has 2 aromatic rings. The van der Waals surface area contributed by atoms with Gasteiger partial charge in [-0.1, -0.05) is 24.3 Å². The third-order valence-electron chi connectivity index (χ3n) is 2.53. The second-order valence-corrected chi connectivity index (χ2v) is 3.99. The van der Waals surface area contributed by atoms with Crippen molar-refractivity contribution < 1.29 is 9.53 Å². The molecule has 1 atom stereocenters. The van der Waals surface area contributed by atoms with Gasteiger partial charge in [-0.25, -0.2) is 0 Å². The molecule has 0 aliphatic rings. The van der Waals surface area contributed by atoms with Gasteiger partial charge in [0.2, 0.25) is 0 Å². The molecular weight excluding hydrogens is 254 g/mol. The molecule has 0 spiro atoms. The van der Waals surface area contributed by atoms with E-state index in [0.717, 1.165) is 0 Å². The number of para-hydroxylation sites is 1. The lowest BCUT2D eigenvalue weighted by molar-refractivity contribution is -0.123. The number of carbonyl (C=O) groups excluding carboxylic acids is 1. The molecule has 1 amide bonds. The summed E-state index contributed by atoms with van der Waals surface area (Å²) in [5.41, 5.74) is 0.503. The number of nitrogens with one attached hydrogen (secondary N) is 1. The Hall–Kier alpha value is -2.87. The number of nitriles is 1. The largest absolute Gasteiger partial charge is 0.484 e. The van der Waals surface area contributed by atoms with Crippen LogP contribution < -0.4 is 10.1 Å². The highest BCUT2D eigenvalue weighted by Crippen LogP contribution is 2.09. The predicted octanol–water partition coefficient (Wildman–Crippen LogP) is 1.84. The number of ether oxygens (including phenoxy) is 1. The molecular formula is C15H13N3O2. The maximum Gasteiger partial charge on any atom is 0.259 e. The van der Waals surface area contributed by atoms with Crippen LogP contribution in [0.5, 0.6) is 5.75 Å². The summed E-state index contributed by atoms with van der Waals surface area (Å²) in [4.78, 5) is 15.8. The van der Waals surface area contributed by atoms with Crippen LogP contribution in [0.4, 0.5) is 0 Å². The van der Waals surface area contributed by atoms with E-state index < -0.39 is 6.04 Å². The van der Waals surface area contributed by atoms with E-state index in [1.54, 1.807) is 36.5 Å². The third kappa shape index (κ3) is 3.82. The Kier molecular flexibility index (Phi) is 4.68. The quantitative estimate of drug-likeness (QED) is 0.897. The van der Waals surface area contributed by atoms with Crippen molar-refractivity contribution in [1.29, 1.82) is 5.26 Å². The molecule has 1 heterocycles. The molecule has 0 aliphatic heterocycles. The number of benzene rings is 1. The highest BCUT2D eigenvalue weighted by Gasteiger charge is 2.14. The lowest BCUT2D eigenvalue weighted by Crippen LogP contribution is -2.32. The summed E-state index contributed by atoms with van der Waals surface area (Å²) in [5, 5.41) is 11.6. The fraction of sp³-hybridized carbons (Fsp3) is 0.133. The Morgan fingerprint density at radius 3 is 2.65 bits per heavy atom. The van der Waals surface area contributed by atoms with Gasteiger partial charge >= 0.3 is 0 Å². The van der Waals surface area contributed by atoms with Crippen LogP contribution in [0.25, 0.3) is 0 Å². The van der Waals surface area contributed by atoms with Crippen molar-refractivity contribution in [2.45, 2.75) is 6.04 Å². The summed E-state index contributed by atoms with van der Waals surface area (Å²) in [6, 6.07) is 15.4. The second-order valence-electron chi connectivity index (χ2n) is 3.99. The highest BCUT2D eigenvalue weighted by atomic mass is 16.5. The maximum atomic E-state index is 11.7. The molecule has 1 aromatic heterocycles. The number of hydrogen-bond acceptors (Lipinski definition) is 4. The molecule has 0 aliphatic carbocycles. The summed E-state index contributed by atoms with van der Waals surface area (Å²) in [5.74, 6) is 0.236. The smallest absolute Gasteiger partial charge is 0.259 e. The Morgan fingerprint density at radius 1 is 1.25 bits per heavy atom. The minimum absolute atomic E-state index is 0.144. The number of carbonyl (C=O) groups is 1. The van der Waals surface area contributed by atoms with E-state index in [2.05, 4.69) is 10.3 Å². The zero-order valence-electron chi connectivity index (χ0n) is 10.7. The van der Waals surface area contributed by atoms with Crippen molar-refractivity contribution in [3.63, 3.8) is 0 Å². The molecule has 2 rings (SSSR count). The van der Waals surface area contributed by atoms with Crippen LogP contribution in [0.15, 0.2) is 54.7 Å². The lowest BCUT2D eigenvalue weighted by Gasteiger charge is -2.11. The molecule has 100 valence electrons. The molecule has 5 nitrogen and oxygen atoms in total. The molecule has 1 N–H and O–H groups in total. The molecule has 0 saturated heterocycles. The first kappa shape index (κ1) is 13.6. The first-order valence-corrected chi connectivity index (χ1v) is 6.07. The monoisotopic (exact) mass is 267 g/mol. The highest BCUT2D eigenvalue weighted by molar-refractivity contribution is 5.78. The average Bonchev–Trinajstić information content (AvgIpc) is 2.52. The fourth-order valence-corrected chi connectivity index (χ4v) is 1.59. The SMILES string of the molecule is N#CC(NC(=O)COc1ccccc1)c1ccccn1. The van der Waals surface area contributed by atoms with Crippen LogP contribution in [0.1, 0.15) is 11.7 Å². The van der Waals surface area contributed by atoms with Crippen LogP contribution in [0.2, 0.25) is 0 Å². The molecule has 1 unspecified atom stereocenters. The molecule has 1 aromatic carbocycles. The van der Waals surface area contributed by atoms with E-state index in [9.17, 15) is 4.79 Å². The molecule has 0 saturated carbocycles. The van der Waals surface area contributed by atoms with Crippen LogP contribution in [0.3, 0.4) is 0 Å². The standard InChI is InChI=1S/C15H13N3O2/c16-10-14(13-8-4-5-9-17-13)18-15(19)11-20-12-6-2-1-3-7-12/h1-9,14H,11H2,(H,18,19). The Balaban J connectivity index is 1.89. The molecule has 5 heteroatoms. The summed E-state index contributed by atoms with van der Waals surface area (Å²) in [6.07, 6.45) is 1.58. The molecule has 0 radical (unpaired) electrons. The van der Waals surface area contributed by atoms with Crippen LogP contribution in [0, 0.1) is 11.3 Å². The van der Waals surface area contributed by atoms with Gasteiger partial charge in [-0.15, -0.1) is 0 Å². The maximum absolute atomic E-state index is 11.7. The van der Waals surface area contributed by atoms with E-state index >= 15 is 0 Å².